The van der Waals surface area contributed by atoms with E-state index >= 15 is 0 Å². The van der Waals surface area contributed by atoms with E-state index in [1.165, 1.54) is 10.8 Å². The zero-order valence-corrected chi connectivity index (χ0v) is 11.3. The van der Waals surface area contributed by atoms with Crippen molar-refractivity contribution in [1.29, 1.82) is 0 Å². The maximum atomic E-state index is 11.6. The number of aryl methyl sites for hydroxylation is 1. The predicted octanol–water partition coefficient (Wildman–Crippen LogP) is -0.657. The number of hydrogen-bond donors (Lipinski definition) is 1. The standard InChI is InChI=1S/C11H14N2O5S/c1-7-5-13(11(15)12-10(7)14)9-4-3-8(18-9)6-19(2,16)17/h3-5,8-9H,6H2,1-2H3,(H,12,14,15)/t8-,9+/m0/s1. The molecule has 1 aliphatic rings. The minimum Gasteiger partial charge on any atom is -0.346 e. The molecule has 0 fully saturated rings. The molecule has 8 heteroatoms. The Kier molecular flexibility index (Phi) is 3.46. The molecule has 2 heterocycles. The van der Waals surface area contributed by atoms with Crippen molar-refractivity contribution in [3.8, 4) is 0 Å². The maximum absolute atomic E-state index is 11.6. The molecular formula is C11H14N2O5S. The lowest BCUT2D eigenvalue weighted by Gasteiger charge is -2.15. The van der Waals surface area contributed by atoms with Crippen molar-refractivity contribution in [2.45, 2.75) is 19.3 Å². The van der Waals surface area contributed by atoms with Gasteiger partial charge in [0, 0.05) is 18.0 Å². The van der Waals surface area contributed by atoms with Crippen molar-refractivity contribution in [3.05, 3.63) is 44.8 Å². The first-order valence-corrected chi connectivity index (χ1v) is 7.66. The number of nitrogens with one attached hydrogen (secondary N) is 1. The fourth-order valence-electron chi connectivity index (χ4n) is 1.82. The number of nitrogens with zero attached hydrogens (tertiary/aromatic N) is 1. The number of sulfone groups is 1. The summed E-state index contributed by atoms with van der Waals surface area (Å²) >= 11 is 0. The fraction of sp³-hybridized carbons (Fsp3) is 0.455. The third-order valence-corrected chi connectivity index (χ3v) is 3.63. The fourth-order valence-corrected chi connectivity index (χ4v) is 2.60. The summed E-state index contributed by atoms with van der Waals surface area (Å²) in [5.74, 6) is -0.142. The molecular weight excluding hydrogens is 272 g/mol. The molecule has 0 radical (unpaired) electrons. The normalized spacial score (nSPS) is 22.8. The van der Waals surface area contributed by atoms with Crippen LogP contribution in [0.25, 0.3) is 0 Å². The van der Waals surface area contributed by atoms with E-state index in [1.807, 2.05) is 0 Å². The van der Waals surface area contributed by atoms with Gasteiger partial charge in [-0.15, -0.1) is 0 Å². The van der Waals surface area contributed by atoms with E-state index in [4.69, 9.17) is 4.74 Å². The number of H-pyrrole nitrogens is 1. The molecule has 1 aromatic rings. The molecule has 19 heavy (non-hydrogen) atoms. The van der Waals surface area contributed by atoms with E-state index < -0.39 is 33.4 Å². The van der Waals surface area contributed by atoms with E-state index in [9.17, 15) is 18.0 Å². The van der Waals surface area contributed by atoms with Crippen LogP contribution in [-0.2, 0) is 14.6 Å². The lowest BCUT2D eigenvalue weighted by molar-refractivity contribution is 0.0259. The van der Waals surface area contributed by atoms with Crippen molar-refractivity contribution in [3.63, 3.8) is 0 Å². The highest BCUT2D eigenvalue weighted by Crippen LogP contribution is 2.20. The smallest absolute Gasteiger partial charge is 0.330 e. The second-order valence-corrected chi connectivity index (χ2v) is 6.71. The molecule has 1 N–H and O–H groups in total. The second kappa shape index (κ2) is 4.78. The Hall–Kier alpha value is -1.67. The van der Waals surface area contributed by atoms with Crippen LogP contribution in [0.1, 0.15) is 11.8 Å². The van der Waals surface area contributed by atoms with Gasteiger partial charge in [0.05, 0.1) is 11.9 Å². The average molecular weight is 286 g/mol. The number of ether oxygens (including phenoxy) is 1. The molecule has 0 amide bonds. The summed E-state index contributed by atoms with van der Waals surface area (Å²) in [6, 6.07) is 0. The van der Waals surface area contributed by atoms with E-state index in [2.05, 4.69) is 4.98 Å². The molecule has 1 aromatic heterocycles. The van der Waals surface area contributed by atoms with E-state index in [0.29, 0.717) is 5.56 Å². The number of aromatic amines is 1. The van der Waals surface area contributed by atoms with Crippen LogP contribution in [-0.4, -0.2) is 36.1 Å². The van der Waals surface area contributed by atoms with Crippen molar-refractivity contribution in [1.82, 2.24) is 9.55 Å². The first-order chi connectivity index (χ1) is 8.76. The van der Waals surface area contributed by atoms with Gasteiger partial charge >= 0.3 is 5.69 Å². The lowest BCUT2D eigenvalue weighted by Crippen LogP contribution is -2.33. The van der Waals surface area contributed by atoms with Crippen molar-refractivity contribution in [2.24, 2.45) is 0 Å². The molecule has 0 aliphatic carbocycles. The van der Waals surface area contributed by atoms with E-state index in [-0.39, 0.29) is 5.75 Å². The van der Waals surface area contributed by atoms with Gasteiger partial charge in [0.1, 0.15) is 9.84 Å². The third-order valence-electron chi connectivity index (χ3n) is 2.69. The van der Waals surface area contributed by atoms with Crippen molar-refractivity contribution in [2.75, 3.05) is 12.0 Å². The van der Waals surface area contributed by atoms with Gasteiger partial charge in [0.25, 0.3) is 5.56 Å². The second-order valence-electron chi connectivity index (χ2n) is 4.52. The topological polar surface area (TPSA) is 98.2 Å². The number of hydrogen-bond acceptors (Lipinski definition) is 5. The molecule has 0 aromatic carbocycles. The minimum absolute atomic E-state index is 0.142. The Morgan fingerprint density at radius 3 is 2.68 bits per heavy atom. The van der Waals surface area contributed by atoms with Crippen LogP contribution in [0, 0.1) is 6.92 Å². The molecule has 7 nitrogen and oxygen atoms in total. The highest BCUT2D eigenvalue weighted by Gasteiger charge is 2.24. The number of aromatic nitrogens is 2. The van der Waals surface area contributed by atoms with Gasteiger partial charge in [-0.05, 0) is 13.0 Å². The van der Waals surface area contributed by atoms with Crippen molar-refractivity contribution < 1.29 is 13.2 Å². The largest absolute Gasteiger partial charge is 0.346 e. The first-order valence-electron chi connectivity index (χ1n) is 5.60. The summed E-state index contributed by atoms with van der Waals surface area (Å²) in [7, 11) is -3.16. The molecule has 1 aliphatic heterocycles. The minimum atomic E-state index is -3.16. The Bertz CT molecular complexity index is 728. The molecule has 2 atom stereocenters. The zero-order valence-electron chi connectivity index (χ0n) is 10.5. The zero-order chi connectivity index (χ0) is 14.2. The van der Waals surface area contributed by atoms with Gasteiger partial charge in [0.2, 0.25) is 0 Å². The van der Waals surface area contributed by atoms with Crippen LogP contribution in [0.5, 0.6) is 0 Å². The van der Waals surface area contributed by atoms with Gasteiger partial charge in [-0.2, -0.15) is 0 Å². The van der Waals surface area contributed by atoms with Crippen LogP contribution >= 0.6 is 0 Å². The molecule has 0 saturated heterocycles. The van der Waals surface area contributed by atoms with Gasteiger partial charge in [-0.25, -0.2) is 13.2 Å². The summed E-state index contributed by atoms with van der Waals surface area (Å²) in [5, 5.41) is 0. The van der Waals surface area contributed by atoms with E-state index in [0.717, 1.165) is 6.26 Å². The Labute approximate surface area is 109 Å². The van der Waals surface area contributed by atoms with Crippen LogP contribution in [0.15, 0.2) is 27.9 Å². The average Bonchev–Trinajstić information content (AvgIpc) is 2.69. The van der Waals surface area contributed by atoms with Crippen LogP contribution in [0.4, 0.5) is 0 Å². The molecule has 2 rings (SSSR count). The maximum Gasteiger partial charge on any atom is 0.330 e. The third kappa shape index (κ3) is 3.21. The molecule has 0 spiro atoms. The van der Waals surface area contributed by atoms with Gasteiger partial charge in [0.15, 0.2) is 6.23 Å². The first kappa shape index (κ1) is 13.8. The van der Waals surface area contributed by atoms with Gasteiger partial charge < -0.3 is 4.74 Å². The van der Waals surface area contributed by atoms with Crippen LogP contribution in [0.3, 0.4) is 0 Å². The molecule has 0 unspecified atom stereocenters. The highest BCUT2D eigenvalue weighted by molar-refractivity contribution is 7.90. The Morgan fingerprint density at radius 2 is 2.05 bits per heavy atom. The Morgan fingerprint density at radius 1 is 1.37 bits per heavy atom. The van der Waals surface area contributed by atoms with Crippen LogP contribution in [0.2, 0.25) is 0 Å². The van der Waals surface area contributed by atoms with Gasteiger partial charge in [-0.3, -0.25) is 14.3 Å². The predicted molar refractivity (Wildman–Crippen MR) is 68.8 cm³/mol. The van der Waals surface area contributed by atoms with Crippen LogP contribution < -0.4 is 11.2 Å². The SMILES string of the molecule is Cc1cn([C@H]2C=C[C@@H](CS(C)(=O)=O)O2)c(=O)[nH]c1=O. The lowest BCUT2D eigenvalue weighted by atomic mass is 10.3. The summed E-state index contributed by atoms with van der Waals surface area (Å²) in [6.45, 7) is 1.57. The molecule has 0 saturated carbocycles. The van der Waals surface area contributed by atoms with Gasteiger partial charge in [-0.1, -0.05) is 6.08 Å². The summed E-state index contributed by atoms with van der Waals surface area (Å²) in [4.78, 5) is 25.1. The monoisotopic (exact) mass is 286 g/mol. The molecule has 104 valence electrons. The summed E-state index contributed by atoms with van der Waals surface area (Å²) in [5.41, 5.74) is -0.663. The Balaban J connectivity index is 2.23. The summed E-state index contributed by atoms with van der Waals surface area (Å²) in [6.07, 6.45) is 4.41. The quantitative estimate of drug-likeness (QED) is 0.744. The highest BCUT2D eigenvalue weighted by atomic mass is 32.2. The number of rotatable bonds is 3. The van der Waals surface area contributed by atoms with E-state index in [1.54, 1.807) is 19.1 Å². The molecule has 0 bridgehead atoms. The van der Waals surface area contributed by atoms with Crippen molar-refractivity contribution >= 4 is 9.84 Å². The summed E-state index contributed by atoms with van der Waals surface area (Å²) < 4.78 is 29.0.